The molecule has 0 aromatic carbocycles. The summed E-state index contributed by atoms with van der Waals surface area (Å²) >= 11 is 5.61. The summed E-state index contributed by atoms with van der Waals surface area (Å²) in [5.74, 6) is -1.81. The largest absolute Gasteiger partial charge is 0.480 e. The van der Waals surface area contributed by atoms with E-state index < -0.39 is 29.5 Å². The van der Waals surface area contributed by atoms with Gasteiger partial charge in [-0.15, -0.1) is 0 Å². The predicted octanol–water partition coefficient (Wildman–Crippen LogP) is 0.133. The number of carbonyl (C=O) groups is 2. The Balaban J connectivity index is 4.17. The van der Waals surface area contributed by atoms with Crippen LogP contribution in [0.2, 0.25) is 0 Å². The zero-order valence-electron chi connectivity index (χ0n) is 6.44. The molecule has 2 N–H and O–H groups in total. The van der Waals surface area contributed by atoms with Gasteiger partial charge in [-0.25, -0.2) is 0 Å². The monoisotopic (exact) mass is 318 g/mol. The fourth-order valence-electron chi connectivity index (χ4n) is 0.549. The number of ether oxygens (including phenoxy) is 1. The summed E-state index contributed by atoms with van der Waals surface area (Å²) in [6, 6.07) is 0. The summed E-state index contributed by atoms with van der Waals surface area (Å²) in [5.41, 5.74) is 0. The van der Waals surface area contributed by atoms with Crippen molar-refractivity contribution in [2.45, 2.75) is 10.9 Å². The minimum atomic E-state index is -1.19. The van der Waals surface area contributed by atoms with Crippen LogP contribution in [-0.2, 0) is 14.3 Å². The minimum Gasteiger partial charge on any atom is -0.480 e. The first-order valence-electron chi connectivity index (χ1n) is 3.26. The van der Waals surface area contributed by atoms with Gasteiger partial charge in [0.1, 0.15) is 11.4 Å². The van der Waals surface area contributed by atoms with Crippen LogP contribution in [-0.4, -0.2) is 45.0 Å². The van der Waals surface area contributed by atoms with Gasteiger partial charge in [0.2, 0.25) is 0 Å². The van der Waals surface area contributed by atoms with Gasteiger partial charge in [0.15, 0.2) is 4.83 Å². The molecular formula is C6H8Br2O5. The zero-order chi connectivity index (χ0) is 10.4. The molecule has 0 bridgehead atoms. The molecule has 0 rings (SSSR count). The van der Waals surface area contributed by atoms with Crippen LogP contribution in [0.15, 0.2) is 0 Å². The van der Waals surface area contributed by atoms with E-state index in [1.807, 2.05) is 0 Å². The maximum Gasteiger partial charge on any atom is 0.321 e. The van der Waals surface area contributed by atoms with Crippen LogP contribution in [0.4, 0.5) is 0 Å². The Labute approximate surface area is 91.3 Å². The highest BCUT2D eigenvalue weighted by Gasteiger charge is 2.27. The van der Waals surface area contributed by atoms with Crippen LogP contribution in [0.1, 0.15) is 0 Å². The van der Waals surface area contributed by atoms with E-state index in [9.17, 15) is 9.59 Å². The highest BCUT2D eigenvalue weighted by Crippen LogP contribution is 2.10. The number of carboxylic acid groups (broad SMARTS) is 1. The SMILES string of the molecule is O=C(CBr)OC(CO)C(Br)C(=O)O. The quantitative estimate of drug-likeness (QED) is 0.556. The molecule has 13 heavy (non-hydrogen) atoms. The average molecular weight is 320 g/mol. The molecule has 0 spiro atoms. The summed E-state index contributed by atoms with van der Waals surface area (Å²) in [4.78, 5) is 20.0. The third-order valence-corrected chi connectivity index (χ3v) is 2.57. The Morgan fingerprint density at radius 2 is 2.00 bits per heavy atom. The highest BCUT2D eigenvalue weighted by molar-refractivity contribution is 9.10. The molecule has 0 radical (unpaired) electrons. The number of alkyl halides is 2. The number of halogens is 2. The lowest BCUT2D eigenvalue weighted by Crippen LogP contribution is -2.36. The van der Waals surface area contributed by atoms with Gasteiger partial charge in [0, 0.05) is 0 Å². The van der Waals surface area contributed by atoms with Crippen molar-refractivity contribution < 1.29 is 24.5 Å². The van der Waals surface area contributed by atoms with E-state index in [1.54, 1.807) is 0 Å². The number of carbonyl (C=O) groups excluding carboxylic acids is 1. The van der Waals surface area contributed by atoms with Gasteiger partial charge in [-0.3, -0.25) is 9.59 Å². The Morgan fingerprint density at radius 1 is 1.46 bits per heavy atom. The van der Waals surface area contributed by atoms with Crippen molar-refractivity contribution in [3.63, 3.8) is 0 Å². The summed E-state index contributed by atoms with van der Waals surface area (Å²) in [7, 11) is 0. The number of esters is 1. The predicted molar refractivity (Wildman–Crippen MR) is 51.1 cm³/mol. The van der Waals surface area contributed by atoms with Crippen LogP contribution in [0.5, 0.6) is 0 Å². The van der Waals surface area contributed by atoms with E-state index in [1.165, 1.54) is 0 Å². The lowest BCUT2D eigenvalue weighted by molar-refractivity contribution is -0.151. The third-order valence-electron chi connectivity index (χ3n) is 1.13. The first kappa shape index (κ1) is 12.9. The molecule has 0 aromatic rings. The topological polar surface area (TPSA) is 83.8 Å². The van der Waals surface area contributed by atoms with Gasteiger partial charge in [0.25, 0.3) is 0 Å². The number of hydrogen-bond acceptors (Lipinski definition) is 4. The van der Waals surface area contributed by atoms with Gasteiger partial charge in [-0.1, -0.05) is 31.9 Å². The first-order valence-corrected chi connectivity index (χ1v) is 5.29. The number of aliphatic carboxylic acids is 1. The summed E-state index contributed by atoms with van der Waals surface area (Å²) in [6.45, 7) is -0.541. The fourth-order valence-corrected chi connectivity index (χ4v) is 0.956. The van der Waals surface area contributed by atoms with Crippen LogP contribution >= 0.6 is 31.9 Å². The molecule has 7 heteroatoms. The average Bonchev–Trinajstić information content (AvgIpc) is 2.12. The molecule has 5 nitrogen and oxygen atoms in total. The van der Waals surface area contributed by atoms with E-state index in [0.717, 1.165) is 0 Å². The van der Waals surface area contributed by atoms with Crippen LogP contribution in [0, 0.1) is 0 Å². The standard InChI is InChI=1S/C6H8Br2O5/c7-1-4(10)13-3(2-9)5(8)6(11)12/h3,5,9H,1-2H2,(H,11,12). The molecule has 0 saturated heterocycles. The number of carboxylic acids is 1. The molecule has 0 aliphatic rings. The van der Waals surface area contributed by atoms with Crippen LogP contribution < -0.4 is 0 Å². The van der Waals surface area contributed by atoms with Gasteiger partial charge < -0.3 is 14.9 Å². The molecule has 0 fully saturated rings. The molecule has 0 amide bonds. The highest BCUT2D eigenvalue weighted by atomic mass is 79.9. The molecular weight excluding hydrogens is 312 g/mol. The Bertz CT molecular complexity index is 195. The van der Waals surface area contributed by atoms with Gasteiger partial charge in [-0.2, -0.15) is 0 Å². The maximum absolute atomic E-state index is 10.7. The summed E-state index contributed by atoms with van der Waals surface area (Å²) < 4.78 is 4.61. The number of aliphatic hydroxyl groups excluding tert-OH is 1. The lowest BCUT2D eigenvalue weighted by atomic mass is 10.3. The fraction of sp³-hybridized carbons (Fsp3) is 0.667. The second kappa shape index (κ2) is 6.33. The van der Waals surface area contributed by atoms with Crippen molar-refractivity contribution in [1.82, 2.24) is 0 Å². The Hall–Kier alpha value is -0.140. The molecule has 0 saturated carbocycles. The first-order chi connectivity index (χ1) is 6.02. The summed E-state index contributed by atoms with van der Waals surface area (Å²) in [6.07, 6.45) is -1.07. The second-order valence-electron chi connectivity index (χ2n) is 2.08. The third kappa shape index (κ3) is 4.58. The smallest absolute Gasteiger partial charge is 0.321 e. The van der Waals surface area contributed by atoms with Gasteiger partial charge >= 0.3 is 11.9 Å². The summed E-state index contributed by atoms with van der Waals surface area (Å²) in [5, 5.41) is 17.2. The van der Waals surface area contributed by atoms with Crippen molar-refractivity contribution in [2.75, 3.05) is 11.9 Å². The molecule has 0 aliphatic carbocycles. The zero-order valence-corrected chi connectivity index (χ0v) is 9.62. The van der Waals surface area contributed by atoms with Crippen molar-refractivity contribution in [3.05, 3.63) is 0 Å². The lowest BCUT2D eigenvalue weighted by Gasteiger charge is -2.16. The minimum absolute atomic E-state index is 0.0389. The van der Waals surface area contributed by atoms with E-state index >= 15 is 0 Å². The van der Waals surface area contributed by atoms with Crippen molar-refractivity contribution >= 4 is 43.8 Å². The Kier molecular flexibility index (Phi) is 6.27. The van der Waals surface area contributed by atoms with E-state index in [0.29, 0.717) is 0 Å². The van der Waals surface area contributed by atoms with Gasteiger partial charge in [-0.05, 0) is 0 Å². The molecule has 0 aliphatic heterocycles. The van der Waals surface area contributed by atoms with Crippen LogP contribution in [0.3, 0.4) is 0 Å². The van der Waals surface area contributed by atoms with E-state index in [-0.39, 0.29) is 5.33 Å². The van der Waals surface area contributed by atoms with E-state index in [2.05, 4.69) is 36.6 Å². The molecule has 0 aromatic heterocycles. The number of rotatable bonds is 5. The van der Waals surface area contributed by atoms with Crippen molar-refractivity contribution in [3.8, 4) is 0 Å². The van der Waals surface area contributed by atoms with Gasteiger partial charge in [0.05, 0.1) is 6.61 Å². The maximum atomic E-state index is 10.7. The molecule has 2 unspecified atom stereocenters. The van der Waals surface area contributed by atoms with Crippen LogP contribution in [0.25, 0.3) is 0 Å². The normalized spacial score (nSPS) is 14.7. The van der Waals surface area contributed by atoms with E-state index in [4.69, 9.17) is 10.2 Å². The van der Waals surface area contributed by atoms with Crippen molar-refractivity contribution in [2.24, 2.45) is 0 Å². The Morgan fingerprint density at radius 3 is 2.31 bits per heavy atom. The molecule has 0 heterocycles. The van der Waals surface area contributed by atoms with Crippen molar-refractivity contribution in [1.29, 1.82) is 0 Å². The molecule has 2 atom stereocenters. The number of hydrogen-bond donors (Lipinski definition) is 2. The number of aliphatic hydroxyl groups is 1. The molecule has 76 valence electrons. The second-order valence-corrected chi connectivity index (χ2v) is 3.63.